The zero-order valence-corrected chi connectivity index (χ0v) is 11.6. The number of aliphatic hydroxyl groups excluding tert-OH is 1. The van der Waals surface area contributed by atoms with Crippen LogP contribution >= 0.6 is 0 Å². The molecule has 2 rings (SSSR count). The summed E-state index contributed by atoms with van der Waals surface area (Å²) >= 11 is 0. The van der Waals surface area contributed by atoms with E-state index in [0.717, 1.165) is 16.5 Å². The summed E-state index contributed by atoms with van der Waals surface area (Å²) in [4.78, 5) is 27.9. The lowest BCUT2D eigenvalue weighted by atomic mass is 10.1. The second kappa shape index (κ2) is 5.88. The maximum absolute atomic E-state index is 12.1. The number of nitrogens with one attached hydrogen (secondary N) is 1. The largest absolute Gasteiger partial charge is 0.395 e. The Morgan fingerprint density at radius 1 is 1.40 bits per heavy atom. The fourth-order valence-corrected chi connectivity index (χ4v) is 2.22. The van der Waals surface area contributed by atoms with Crippen LogP contribution in [0.4, 0.5) is 0 Å². The fourth-order valence-electron chi connectivity index (χ4n) is 2.22. The molecule has 5 nitrogen and oxygen atoms in total. The highest BCUT2D eigenvalue weighted by molar-refractivity contribution is 5.82. The molecule has 0 fully saturated rings. The second-order valence-electron chi connectivity index (χ2n) is 4.83. The normalized spacial score (nSPS) is 10.8. The molecule has 2 aromatic rings. The minimum absolute atomic E-state index is 0.121. The van der Waals surface area contributed by atoms with Crippen LogP contribution in [-0.4, -0.2) is 34.0 Å². The van der Waals surface area contributed by atoms with Gasteiger partial charge in [-0.15, -0.1) is 0 Å². The van der Waals surface area contributed by atoms with Gasteiger partial charge in [-0.2, -0.15) is 0 Å². The third-order valence-electron chi connectivity index (χ3n) is 3.34. The average Bonchev–Trinajstić information content (AvgIpc) is 2.40. The van der Waals surface area contributed by atoms with Crippen molar-refractivity contribution < 1.29 is 9.90 Å². The lowest BCUT2D eigenvalue weighted by Gasteiger charge is -2.19. The summed E-state index contributed by atoms with van der Waals surface area (Å²) < 4.78 is 0. The van der Waals surface area contributed by atoms with Gasteiger partial charge in [0.15, 0.2) is 0 Å². The molecule has 1 amide bonds. The monoisotopic (exact) mass is 274 g/mol. The van der Waals surface area contributed by atoms with Gasteiger partial charge in [0.2, 0.25) is 5.91 Å². The number of fused-ring (bicyclic) bond motifs is 1. The van der Waals surface area contributed by atoms with E-state index in [1.54, 1.807) is 6.07 Å². The maximum atomic E-state index is 12.1. The molecule has 106 valence electrons. The van der Waals surface area contributed by atoms with Crippen molar-refractivity contribution in [2.45, 2.75) is 20.4 Å². The Bertz CT molecular complexity index is 691. The molecule has 0 bridgehead atoms. The van der Waals surface area contributed by atoms with Gasteiger partial charge >= 0.3 is 0 Å². The first-order valence-corrected chi connectivity index (χ1v) is 6.51. The van der Waals surface area contributed by atoms with Crippen LogP contribution in [0, 0.1) is 6.92 Å². The number of amides is 1. The van der Waals surface area contributed by atoms with Crippen LogP contribution in [0.2, 0.25) is 0 Å². The van der Waals surface area contributed by atoms with Crippen LogP contribution in [0.5, 0.6) is 0 Å². The van der Waals surface area contributed by atoms with E-state index in [4.69, 9.17) is 5.11 Å². The predicted molar refractivity (Wildman–Crippen MR) is 77.5 cm³/mol. The smallest absolute Gasteiger partial charge is 0.253 e. The van der Waals surface area contributed by atoms with Gasteiger partial charge in [-0.05, 0) is 23.9 Å². The highest BCUT2D eigenvalue weighted by Crippen LogP contribution is 2.15. The number of hydrogen-bond acceptors (Lipinski definition) is 3. The molecule has 0 unspecified atom stereocenters. The van der Waals surface area contributed by atoms with Crippen molar-refractivity contribution in [2.24, 2.45) is 0 Å². The zero-order chi connectivity index (χ0) is 14.7. The molecule has 0 spiro atoms. The standard InChI is InChI=1S/C15H18N2O3/c1-10-4-3-5-12-8-13(15(20)16-14(10)12)9-17(6-7-18)11(2)19/h3-5,8,18H,6-7,9H2,1-2H3,(H,16,20). The first-order valence-electron chi connectivity index (χ1n) is 6.51. The summed E-state index contributed by atoms with van der Waals surface area (Å²) in [7, 11) is 0. The molecule has 0 aliphatic carbocycles. The number of H-pyrrole nitrogens is 1. The van der Waals surface area contributed by atoms with Gasteiger partial charge in [0.05, 0.1) is 18.7 Å². The van der Waals surface area contributed by atoms with Crippen LogP contribution in [0.15, 0.2) is 29.1 Å². The summed E-state index contributed by atoms with van der Waals surface area (Å²) in [6.07, 6.45) is 0. The molecule has 0 saturated heterocycles. The topological polar surface area (TPSA) is 73.4 Å². The van der Waals surface area contributed by atoms with E-state index >= 15 is 0 Å². The van der Waals surface area contributed by atoms with E-state index in [1.165, 1.54) is 11.8 Å². The molecule has 0 saturated carbocycles. The number of para-hydroxylation sites is 1. The van der Waals surface area contributed by atoms with Crippen molar-refractivity contribution in [3.63, 3.8) is 0 Å². The molecule has 0 aliphatic rings. The molecule has 1 aromatic carbocycles. The maximum Gasteiger partial charge on any atom is 0.253 e. The van der Waals surface area contributed by atoms with Crippen LogP contribution in [0.1, 0.15) is 18.1 Å². The lowest BCUT2D eigenvalue weighted by molar-refractivity contribution is -0.129. The Hall–Kier alpha value is -2.14. The Kier molecular flexibility index (Phi) is 4.20. The number of carbonyl (C=O) groups is 1. The van der Waals surface area contributed by atoms with Gasteiger partial charge in [-0.3, -0.25) is 9.59 Å². The van der Waals surface area contributed by atoms with Crippen molar-refractivity contribution in [1.82, 2.24) is 9.88 Å². The number of nitrogens with zero attached hydrogens (tertiary/aromatic N) is 1. The number of benzene rings is 1. The Morgan fingerprint density at radius 3 is 2.80 bits per heavy atom. The summed E-state index contributed by atoms with van der Waals surface area (Å²) in [5.41, 5.74) is 2.14. The molecular weight excluding hydrogens is 256 g/mol. The van der Waals surface area contributed by atoms with E-state index in [-0.39, 0.29) is 31.2 Å². The molecular formula is C15H18N2O3. The molecule has 0 atom stereocenters. The molecule has 0 aliphatic heterocycles. The molecule has 1 aromatic heterocycles. The van der Waals surface area contributed by atoms with Crippen molar-refractivity contribution in [3.8, 4) is 0 Å². The molecule has 5 heteroatoms. The Balaban J connectivity index is 2.42. The number of pyridine rings is 1. The van der Waals surface area contributed by atoms with Crippen molar-refractivity contribution >= 4 is 16.8 Å². The van der Waals surface area contributed by atoms with E-state index in [1.807, 2.05) is 25.1 Å². The summed E-state index contributed by atoms with van der Waals surface area (Å²) in [6.45, 7) is 3.67. The van der Waals surface area contributed by atoms with E-state index in [2.05, 4.69) is 4.98 Å². The first-order chi connectivity index (χ1) is 9.52. The average molecular weight is 274 g/mol. The number of rotatable bonds is 4. The van der Waals surface area contributed by atoms with Gasteiger partial charge in [0, 0.05) is 19.0 Å². The summed E-state index contributed by atoms with van der Waals surface area (Å²) in [6, 6.07) is 7.59. The Labute approximate surface area is 116 Å². The summed E-state index contributed by atoms with van der Waals surface area (Å²) in [5.74, 6) is -0.164. The molecule has 1 heterocycles. The second-order valence-corrected chi connectivity index (χ2v) is 4.83. The fraction of sp³-hybridized carbons (Fsp3) is 0.333. The number of hydrogen-bond donors (Lipinski definition) is 2. The van der Waals surface area contributed by atoms with E-state index < -0.39 is 0 Å². The third-order valence-corrected chi connectivity index (χ3v) is 3.34. The highest BCUT2D eigenvalue weighted by atomic mass is 16.3. The van der Waals surface area contributed by atoms with Crippen LogP contribution in [0.3, 0.4) is 0 Å². The number of aliphatic hydroxyl groups is 1. The third kappa shape index (κ3) is 2.88. The SMILES string of the molecule is CC(=O)N(CCO)Cc1cc2cccc(C)c2[nH]c1=O. The molecule has 0 radical (unpaired) electrons. The van der Waals surface area contributed by atoms with Crippen molar-refractivity contribution in [1.29, 1.82) is 0 Å². The number of carbonyl (C=O) groups excluding carboxylic acids is 1. The minimum Gasteiger partial charge on any atom is -0.395 e. The van der Waals surface area contributed by atoms with Crippen LogP contribution in [0.25, 0.3) is 10.9 Å². The lowest BCUT2D eigenvalue weighted by Crippen LogP contribution is -2.33. The van der Waals surface area contributed by atoms with Crippen LogP contribution < -0.4 is 5.56 Å². The van der Waals surface area contributed by atoms with Gasteiger partial charge in [0.1, 0.15) is 0 Å². The number of aromatic nitrogens is 1. The van der Waals surface area contributed by atoms with Crippen LogP contribution in [-0.2, 0) is 11.3 Å². The van der Waals surface area contributed by atoms with Crippen molar-refractivity contribution in [3.05, 3.63) is 45.7 Å². The van der Waals surface area contributed by atoms with Gasteiger partial charge < -0.3 is 15.0 Å². The zero-order valence-electron chi connectivity index (χ0n) is 11.6. The van der Waals surface area contributed by atoms with Gasteiger partial charge in [-0.1, -0.05) is 18.2 Å². The Morgan fingerprint density at radius 2 is 2.15 bits per heavy atom. The van der Waals surface area contributed by atoms with Gasteiger partial charge in [0.25, 0.3) is 5.56 Å². The quantitative estimate of drug-likeness (QED) is 0.879. The number of aromatic amines is 1. The first kappa shape index (κ1) is 14.3. The number of aryl methyl sites for hydroxylation is 1. The van der Waals surface area contributed by atoms with Gasteiger partial charge in [-0.25, -0.2) is 0 Å². The molecule has 20 heavy (non-hydrogen) atoms. The van der Waals surface area contributed by atoms with Crippen molar-refractivity contribution in [2.75, 3.05) is 13.2 Å². The van der Waals surface area contributed by atoms with E-state index in [9.17, 15) is 9.59 Å². The van der Waals surface area contributed by atoms with E-state index in [0.29, 0.717) is 5.56 Å². The predicted octanol–water partition coefficient (Wildman–Crippen LogP) is 1.18. The molecule has 2 N–H and O–H groups in total. The highest BCUT2D eigenvalue weighted by Gasteiger charge is 2.12. The minimum atomic E-state index is -0.198. The summed E-state index contributed by atoms with van der Waals surface area (Å²) in [5, 5.41) is 9.90.